The van der Waals surface area contributed by atoms with Gasteiger partial charge in [0.1, 0.15) is 5.60 Å². The number of nitro groups is 2. The van der Waals surface area contributed by atoms with Crippen molar-refractivity contribution in [1.82, 2.24) is 10.2 Å². The molecule has 0 bridgehead atoms. The summed E-state index contributed by atoms with van der Waals surface area (Å²) in [6.45, 7) is 12.2. The van der Waals surface area contributed by atoms with Crippen LogP contribution >= 0.6 is 0 Å². The Balaban J connectivity index is 0.000000230. The number of hydrogen-bond donors (Lipinski definition) is 1. The number of nitrogens with zero attached hydrogens (tertiary/aromatic N) is 5. The van der Waals surface area contributed by atoms with Gasteiger partial charge in [0, 0.05) is 81.5 Å². The molecule has 4 rings (SSSR count). The van der Waals surface area contributed by atoms with E-state index in [4.69, 9.17) is 4.74 Å². The molecule has 2 aromatic rings. The Bertz CT molecular complexity index is 1100. The summed E-state index contributed by atoms with van der Waals surface area (Å²) in [5.41, 5.74) is 1.73. The maximum absolute atomic E-state index is 12.1. The first-order valence-corrected chi connectivity index (χ1v) is 13.2. The summed E-state index contributed by atoms with van der Waals surface area (Å²) in [7, 11) is 0. The Morgan fingerprint density at radius 2 is 1.26 bits per heavy atom. The molecule has 0 atom stereocenters. The lowest BCUT2D eigenvalue weighted by atomic mass is 10.2. The second kappa shape index (κ2) is 13.7. The third-order valence-corrected chi connectivity index (χ3v) is 6.34. The molecule has 0 aliphatic carbocycles. The third kappa shape index (κ3) is 9.40. The van der Waals surface area contributed by atoms with E-state index in [-0.39, 0.29) is 22.4 Å². The van der Waals surface area contributed by atoms with E-state index in [9.17, 15) is 25.0 Å². The normalized spacial score (nSPS) is 16.3. The fourth-order valence-electron chi connectivity index (χ4n) is 4.36. The minimum Gasteiger partial charge on any atom is -0.444 e. The second-order valence-corrected chi connectivity index (χ2v) is 10.4. The highest BCUT2D eigenvalue weighted by molar-refractivity contribution is 5.68. The highest BCUT2D eigenvalue weighted by atomic mass is 16.6. The molecular formula is C27H38N6O6. The van der Waals surface area contributed by atoms with Gasteiger partial charge >= 0.3 is 6.09 Å². The van der Waals surface area contributed by atoms with Crippen LogP contribution in [0.3, 0.4) is 0 Å². The molecule has 2 fully saturated rings. The molecular weight excluding hydrogens is 504 g/mol. The highest BCUT2D eigenvalue weighted by Gasteiger charge is 2.24. The zero-order valence-corrected chi connectivity index (χ0v) is 22.9. The van der Waals surface area contributed by atoms with E-state index in [0.29, 0.717) is 19.6 Å². The fraction of sp³-hybridized carbons (Fsp3) is 0.519. The summed E-state index contributed by atoms with van der Waals surface area (Å²) in [5.74, 6) is 0. The van der Waals surface area contributed by atoms with Crippen molar-refractivity contribution in [1.29, 1.82) is 0 Å². The maximum Gasteiger partial charge on any atom is 0.410 e. The molecule has 2 aromatic carbocycles. The maximum atomic E-state index is 12.1. The van der Waals surface area contributed by atoms with Crippen LogP contribution in [0.5, 0.6) is 0 Å². The summed E-state index contributed by atoms with van der Waals surface area (Å²) in [6.07, 6.45) is 1.65. The summed E-state index contributed by atoms with van der Waals surface area (Å²) in [5, 5.41) is 24.6. The monoisotopic (exact) mass is 542 g/mol. The molecule has 2 heterocycles. The lowest BCUT2D eigenvalue weighted by Gasteiger charge is -2.26. The molecule has 1 amide bonds. The number of nitro benzene ring substituents is 2. The summed E-state index contributed by atoms with van der Waals surface area (Å²) in [6, 6.07) is 13.3. The van der Waals surface area contributed by atoms with Crippen molar-refractivity contribution in [3.63, 3.8) is 0 Å². The van der Waals surface area contributed by atoms with Gasteiger partial charge in [-0.3, -0.25) is 20.2 Å². The topological polar surface area (TPSA) is 134 Å². The van der Waals surface area contributed by atoms with E-state index in [1.54, 1.807) is 29.2 Å². The van der Waals surface area contributed by atoms with Crippen molar-refractivity contribution < 1.29 is 19.4 Å². The lowest BCUT2D eigenvalue weighted by molar-refractivity contribution is -0.385. The van der Waals surface area contributed by atoms with Gasteiger partial charge in [0.25, 0.3) is 11.4 Å². The van der Waals surface area contributed by atoms with Crippen molar-refractivity contribution in [2.75, 3.05) is 62.2 Å². The number of amides is 1. The fourth-order valence-corrected chi connectivity index (χ4v) is 4.36. The van der Waals surface area contributed by atoms with Gasteiger partial charge in [-0.15, -0.1) is 0 Å². The van der Waals surface area contributed by atoms with E-state index >= 15 is 0 Å². The average Bonchev–Trinajstić information content (AvgIpc) is 3.32. The van der Waals surface area contributed by atoms with E-state index in [2.05, 4.69) is 15.1 Å². The number of benzene rings is 2. The number of nitrogens with one attached hydrogen (secondary N) is 1. The molecule has 2 saturated heterocycles. The van der Waals surface area contributed by atoms with Crippen LogP contribution in [0.1, 0.15) is 33.6 Å². The van der Waals surface area contributed by atoms with Gasteiger partial charge in [0.15, 0.2) is 0 Å². The summed E-state index contributed by atoms with van der Waals surface area (Å²) >= 11 is 0. The molecule has 0 saturated carbocycles. The van der Waals surface area contributed by atoms with Crippen molar-refractivity contribution >= 4 is 28.8 Å². The number of ether oxygens (including phenoxy) is 1. The van der Waals surface area contributed by atoms with Crippen LogP contribution in [0.15, 0.2) is 48.5 Å². The molecule has 12 heteroatoms. The molecule has 0 unspecified atom stereocenters. The van der Waals surface area contributed by atoms with Crippen LogP contribution in [-0.2, 0) is 4.74 Å². The first-order chi connectivity index (χ1) is 18.5. The Hall–Kier alpha value is -3.93. The number of carbonyl (C=O) groups is 1. The summed E-state index contributed by atoms with van der Waals surface area (Å²) < 4.78 is 5.41. The molecule has 1 N–H and O–H groups in total. The van der Waals surface area contributed by atoms with Crippen molar-refractivity contribution in [2.45, 2.75) is 39.2 Å². The predicted octanol–water partition coefficient (Wildman–Crippen LogP) is 4.44. The Morgan fingerprint density at radius 1 is 0.744 bits per heavy atom. The number of anilines is 2. The smallest absolute Gasteiger partial charge is 0.410 e. The van der Waals surface area contributed by atoms with Gasteiger partial charge in [0.05, 0.1) is 9.85 Å². The van der Waals surface area contributed by atoms with Crippen LogP contribution in [0, 0.1) is 20.2 Å². The van der Waals surface area contributed by atoms with E-state index in [0.717, 1.165) is 56.9 Å². The molecule has 0 radical (unpaired) electrons. The zero-order chi connectivity index (χ0) is 28.4. The van der Waals surface area contributed by atoms with Gasteiger partial charge in [-0.1, -0.05) is 0 Å². The number of rotatable bonds is 4. The van der Waals surface area contributed by atoms with Crippen LogP contribution in [0.4, 0.5) is 27.5 Å². The molecule has 39 heavy (non-hydrogen) atoms. The average molecular weight is 543 g/mol. The number of non-ortho nitro benzene ring substituents is 2. The van der Waals surface area contributed by atoms with E-state index in [1.165, 1.54) is 12.1 Å². The molecule has 212 valence electrons. The molecule has 2 aliphatic heterocycles. The minimum absolute atomic E-state index is 0.0824. The first-order valence-electron chi connectivity index (χ1n) is 13.2. The first kappa shape index (κ1) is 29.6. The largest absolute Gasteiger partial charge is 0.444 e. The van der Waals surface area contributed by atoms with Gasteiger partial charge in [0.2, 0.25) is 0 Å². The molecule has 0 aromatic heterocycles. The van der Waals surface area contributed by atoms with Crippen LogP contribution in [-0.4, -0.2) is 78.8 Å². The van der Waals surface area contributed by atoms with Gasteiger partial charge in [-0.2, -0.15) is 0 Å². The van der Waals surface area contributed by atoms with Gasteiger partial charge in [-0.25, -0.2) is 4.79 Å². The molecule has 12 nitrogen and oxygen atoms in total. The van der Waals surface area contributed by atoms with E-state index in [1.807, 2.05) is 32.9 Å². The van der Waals surface area contributed by atoms with Crippen molar-refractivity contribution in [2.24, 2.45) is 0 Å². The Kier molecular flexibility index (Phi) is 10.4. The second-order valence-electron chi connectivity index (χ2n) is 10.4. The van der Waals surface area contributed by atoms with Crippen LogP contribution < -0.4 is 15.1 Å². The Labute approximate surface area is 228 Å². The van der Waals surface area contributed by atoms with Crippen molar-refractivity contribution in [3.8, 4) is 0 Å². The standard InChI is InChI=1S/C16H23N3O4.C11H15N3O2/c1-16(2,3)23-15(20)18-10-4-9-17(11-12-18)13-5-7-14(8-6-13)19(21)22;15-14(16)11-4-2-10(3-5-11)13-8-1-6-12-7-9-13/h5-8H,4,9-12H2,1-3H3;2-5,12H,1,6-9H2. The highest BCUT2D eigenvalue weighted by Crippen LogP contribution is 2.22. The molecule has 2 aliphatic rings. The SMILES string of the molecule is CC(C)(C)OC(=O)N1CCCN(c2ccc([N+](=O)[O-])cc2)CC1.O=[N+]([O-])c1ccc(N2CCCNCC2)cc1. The minimum atomic E-state index is -0.499. The lowest BCUT2D eigenvalue weighted by Crippen LogP contribution is -2.39. The van der Waals surface area contributed by atoms with Crippen molar-refractivity contribution in [3.05, 3.63) is 68.8 Å². The molecule has 0 spiro atoms. The van der Waals surface area contributed by atoms with Crippen LogP contribution in [0.2, 0.25) is 0 Å². The predicted molar refractivity (Wildman–Crippen MR) is 151 cm³/mol. The zero-order valence-electron chi connectivity index (χ0n) is 22.9. The van der Waals surface area contributed by atoms with Crippen LogP contribution in [0.25, 0.3) is 0 Å². The number of carbonyl (C=O) groups excluding carboxylic acids is 1. The Morgan fingerprint density at radius 3 is 1.77 bits per heavy atom. The summed E-state index contributed by atoms with van der Waals surface area (Å²) in [4.78, 5) is 38.7. The van der Waals surface area contributed by atoms with Gasteiger partial charge in [-0.05, 0) is 64.4 Å². The van der Waals surface area contributed by atoms with E-state index < -0.39 is 10.5 Å². The third-order valence-electron chi connectivity index (χ3n) is 6.34. The number of hydrogen-bond acceptors (Lipinski definition) is 9. The quantitative estimate of drug-likeness (QED) is 0.439. The van der Waals surface area contributed by atoms with Gasteiger partial charge < -0.3 is 24.8 Å².